The van der Waals surface area contributed by atoms with Crippen LogP contribution in [0.25, 0.3) is 11.0 Å². The second-order valence-electron chi connectivity index (χ2n) is 7.50. The fraction of sp³-hybridized carbons (Fsp3) is 0.154. The minimum Gasteiger partial charge on any atom is -0.461 e. The summed E-state index contributed by atoms with van der Waals surface area (Å²) in [5.74, 6) is 0.529. The molecule has 0 spiro atoms. The van der Waals surface area contributed by atoms with E-state index in [1.807, 2.05) is 91.0 Å². The van der Waals surface area contributed by atoms with Crippen LogP contribution in [-0.4, -0.2) is 24.5 Å². The Balaban J connectivity index is 1.35. The van der Waals surface area contributed by atoms with Crippen molar-refractivity contribution < 1.29 is 14.0 Å². The monoisotopic (exact) mass is 427 g/mol. The molecule has 162 valence electrons. The lowest BCUT2D eigenvalue weighted by molar-refractivity contribution is -0.117. The zero-order valence-corrected chi connectivity index (χ0v) is 17.6. The number of carbonyl (C=O) groups excluding carboxylic acids is 2. The highest BCUT2D eigenvalue weighted by atomic mass is 16.3. The van der Waals surface area contributed by atoms with Crippen LogP contribution in [0.15, 0.2) is 95.4 Å². The molecule has 1 aromatic heterocycles. The number of anilines is 1. The first-order valence-corrected chi connectivity index (χ1v) is 10.6. The predicted octanol–water partition coefficient (Wildman–Crippen LogP) is 4.52. The summed E-state index contributed by atoms with van der Waals surface area (Å²) in [6.45, 7) is 0.393. The molecule has 0 bridgehead atoms. The molecule has 0 aliphatic rings. The molecule has 1 atom stereocenters. The van der Waals surface area contributed by atoms with Gasteiger partial charge in [0.1, 0.15) is 17.4 Å². The number of benzene rings is 3. The molecule has 4 rings (SSSR count). The molecule has 6 nitrogen and oxygen atoms in total. The Kier molecular flexibility index (Phi) is 6.82. The number of nitrogens with one attached hydrogen (secondary N) is 3. The van der Waals surface area contributed by atoms with Crippen molar-refractivity contribution in [3.05, 3.63) is 102 Å². The molecule has 3 N–H and O–H groups in total. The molecule has 0 aliphatic heterocycles. The predicted molar refractivity (Wildman–Crippen MR) is 125 cm³/mol. The summed E-state index contributed by atoms with van der Waals surface area (Å²) in [6.07, 6.45) is 0.943. The van der Waals surface area contributed by atoms with E-state index in [0.29, 0.717) is 25.1 Å². The molecule has 3 aromatic carbocycles. The van der Waals surface area contributed by atoms with Gasteiger partial charge >= 0.3 is 6.03 Å². The average molecular weight is 428 g/mol. The number of amides is 3. The number of carbonyl (C=O) groups is 2. The van der Waals surface area contributed by atoms with E-state index in [1.165, 1.54) is 0 Å². The van der Waals surface area contributed by atoms with Gasteiger partial charge in [-0.25, -0.2) is 4.79 Å². The van der Waals surface area contributed by atoms with Gasteiger partial charge in [-0.1, -0.05) is 66.7 Å². The van der Waals surface area contributed by atoms with Crippen molar-refractivity contribution in [2.75, 3.05) is 11.9 Å². The lowest BCUT2D eigenvalue weighted by Crippen LogP contribution is -2.49. The zero-order chi connectivity index (χ0) is 22.2. The van der Waals surface area contributed by atoms with Crippen LogP contribution in [0.4, 0.5) is 10.5 Å². The first-order valence-electron chi connectivity index (χ1n) is 10.6. The topological polar surface area (TPSA) is 83.4 Å². The summed E-state index contributed by atoms with van der Waals surface area (Å²) in [5.41, 5.74) is 2.47. The van der Waals surface area contributed by atoms with Crippen LogP contribution in [0.2, 0.25) is 0 Å². The lowest BCUT2D eigenvalue weighted by atomic mass is 10.1. The van der Waals surface area contributed by atoms with Gasteiger partial charge in [-0.3, -0.25) is 4.79 Å². The summed E-state index contributed by atoms with van der Waals surface area (Å²) in [6, 6.07) is 27.4. The van der Waals surface area contributed by atoms with Crippen LogP contribution in [0.5, 0.6) is 0 Å². The molecule has 0 aliphatic carbocycles. The smallest absolute Gasteiger partial charge is 0.315 e. The third-order valence-electron chi connectivity index (χ3n) is 5.08. The van der Waals surface area contributed by atoms with Crippen LogP contribution in [0.3, 0.4) is 0 Å². The Labute approximate surface area is 186 Å². The van der Waals surface area contributed by atoms with E-state index in [-0.39, 0.29) is 5.91 Å². The van der Waals surface area contributed by atoms with Gasteiger partial charge in [0.2, 0.25) is 5.91 Å². The van der Waals surface area contributed by atoms with Crippen LogP contribution < -0.4 is 16.0 Å². The Morgan fingerprint density at radius 1 is 0.844 bits per heavy atom. The molecule has 0 radical (unpaired) electrons. The van der Waals surface area contributed by atoms with E-state index in [0.717, 1.165) is 22.3 Å². The van der Waals surface area contributed by atoms with Gasteiger partial charge in [0, 0.05) is 30.5 Å². The summed E-state index contributed by atoms with van der Waals surface area (Å²) in [5, 5.41) is 9.53. The molecule has 0 saturated carbocycles. The zero-order valence-electron chi connectivity index (χ0n) is 17.6. The highest BCUT2D eigenvalue weighted by Crippen LogP contribution is 2.18. The number of urea groups is 1. The Bertz CT molecular complexity index is 1140. The summed E-state index contributed by atoms with van der Waals surface area (Å²) in [7, 11) is 0. The molecule has 4 aromatic rings. The molecule has 0 saturated heterocycles. The third kappa shape index (κ3) is 5.76. The first kappa shape index (κ1) is 21.2. The fourth-order valence-electron chi connectivity index (χ4n) is 3.48. The van der Waals surface area contributed by atoms with Crippen molar-refractivity contribution in [2.24, 2.45) is 0 Å². The average Bonchev–Trinajstić information content (AvgIpc) is 3.23. The third-order valence-corrected chi connectivity index (χ3v) is 5.08. The number of rotatable bonds is 8. The van der Waals surface area contributed by atoms with Crippen molar-refractivity contribution in [2.45, 2.75) is 18.9 Å². The summed E-state index contributed by atoms with van der Waals surface area (Å²) < 4.78 is 5.78. The van der Waals surface area contributed by atoms with Gasteiger partial charge in [-0.2, -0.15) is 0 Å². The molecule has 1 unspecified atom stereocenters. The van der Waals surface area contributed by atoms with E-state index in [4.69, 9.17) is 4.42 Å². The SMILES string of the molecule is O=C(NCCc1cc2ccccc2o1)NC(Cc1ccccc1)C(=O)Nc1ccccc1. The Morgan fingerprint density at radius 3 is 2.28 bits per heavy atom. The molecule has 1 heterocycles. The molecule has 3 amide bonds. The normalized spacial score (nSPS) is 11.6. The maximum Gasteiger partial charge on any atom is 0.315 e. The maximum absolute atomic E-state index is 12.9. The molecule has 32 heavy (non-hydrogen) atoms. The molecular formula is C26H25N3O3. The van der Waals surface area contributed by atoms with Crippen molar-refractivity contribution >= 4 is 28.6 Å². The van der Waals surface area contributed by atoms with Gasteiger partial charge in [-0.15, -0.1) is 0 Å². The highest BCUT2D eigenvalue weighted by molar-refractivity contribution is 5.97. The number of hydrogen-bond donors (Lipinski definition) is 3. The second kappa shape index (κ2) is 10.3. The van der Waals surface area contributed by atoms with E-state index in [9.17, 15) is 9.59 Å². The quantitative estimate of drug-likeness (QED) is 0.386. The number of furan rings is 1. The van der Waals surface area contributed by atoms with Crippen LogP contribution in [0.1, 0.15) is 11.3 Å². The lowest BCUT2D eigenvalue weighted by Gasteiger charge is -2.19. The van der Waals surface area contributed by atoms with Crippen molar-refractivity contribution in [1.82, 2.24) is 10.6 Å². The highest BCUT2D eigenvalue weighted by Gasteiger charge is 2.21. The minimum atomic E-state index is -0.719. The fourth-order valence-corrected chi connectivity index (χ4v) is 3.48. The Morgan fingerprint density at radius 2 is 1.53 bits per heavy atom. The second-order valence-corrected chi connectivity index (χ2v) is 7.50. The summed E-state index contributed by atoms with van der Waals surface area (Å²) >= 11 is 0. The van der Waals surface area contributed by atoms with E-state index in [1.54, 1.807) is 0 Å². The Hall–Kier alpha value is -4.06. The molecule has 6 heteroatoms. The van der Waals surface area contributed by atoms with Crippen LogP contribution in [-0.2, 0) is 17.6 Å². The number of hydrogen-bond acceptors (Lipinski definition) is 3. The van der Waals surface area contributed by atoms with Gasteiger partial charge in [0.15, 0.2) is 0 Å². The maximum atomic E-state index is 12.9. The van der Waals surface area contributed by atoms with Crippen LogP contribution in [0, 0.1) is 0 Å². The largest absolute Gasteiger partial charge is 0.461 e. The standard InChI is InChI=1S/C26H25N3O3/c30-25(28-21-12-5-2-6-13-21)23(17-19-9-3-1-4-10-19)29-26(31)27-16-15-22-18-20-11-7-8-14-24(20)32-22/h1-14,18,23H,15-17H2,(H,28,30)(H2,27,29,31). The van der Waals surface area contributed by atoms with E-state index < -0.39 is 12.1 Å². The van der Waals surface area contributed by atoms with E-state index in [2.05, 4.69) is 16.0 Å². The molecular weight excluding hydrogens is 402 g/mol. The van der Waals surface area contributed by atoms with Gasteiger partial charge in [0.05, 0.1) is 0 Å². The van der Waals surface area contributed by atoms with Crippen molar-refractivity contribution in [3.63, 3.8) is 0 Å². The van der Waals surface area contributed by atoms with Gasteiger partial charge in [0.25, 0.3) is 0 Å². The van der Waals surface area contributed by atoms with Crippen LogP contribution >= 0.6 is 0 Å². The van der Waals surface area contributed by atoms with Gasteiger partial charge in [-0.05, 0) is 29.8 Å². The number of fused-ring (bicyclic) bond motifs is 1. The minimum absolute atomic E-state index is 0.271. The summed E-state index contributed by atoms with van der Waals surface area (Å²) in [4.78, 5) is 25.4. The van der Waals surface area contributed by atoms with Crippen molar-refractivity contribution in [1.29, 1.82) is 0 Å². The number of para-hydroxylation sites is 2. The first-order chi connectivity index (χ1) is 15.7. The van der Waals surface area contributed by atoms with Gasteiger partial charge < -0.3 is 20.4 Å². The molecule has 0 fully saturated rings. The van der Waals surface area contributed by atoms with E-state index >= 15 is 0 Å². The van der Waals surface area contributed by atoms with Crippen molar-refractivity contribution in [3.8, 4) is 0 Å².